The molecule has 3 aliphatic rings. The molecule has 0 saturated carbocycles. The van der Waals surface area contributed by atoms with Crippen molar-refractivity contribution < 1.29 is 45.9 Å². The zero-order chi connectivity index (χ0) is 50.6. The molecule has 0 spiro atoms. The van der Waals surface area contributed by atoms with Crippen LogP contribution in [0, 0.1) is 5.92 Å². The highest BCUT2D eigenvalue weighted by Gasteiger charge is 2.57. The van der Waals surface area contributed by atoms with E-state index in [4.69, 9.17) is 30.0 Å². The van der Waals surface area contributed by atoms with Crippen molar-refractivity contribution in [3.05, 3.63) is 148 Å². The molecule has 0 unspecified atom stereocenters. The maximum Gasteiger partial charge on any atom is 0.418 e. The summed E-state index contributed by atoms with van der Waals surface area (Å²) in [5.41, 5.74) is 8.70. The summed E-state index contributed by atoms with van der Waals surface area (Å²) in [6, 6.07) is 35.6. The molecule has 0 radical (unpaired) electrons. The van der Waals surface area contributed by atoms with E-state index in [9.17, 15) is 27.4 Å². The fourth-order valence-electron chi connectivity index (χ4n) is 8.97. The predicted molar refractivity (Wildman–Crippen MR) is 268 cm³/mol. The average molecular weight is 1010 g/mol. The quantitative estimate of drug-likeness (QED) is 0.0158. The van der Waals surface area contributed by atoms with Crippen LogP contribution in [0.1, 0.15) is 87.4 Å². The van der Waals surface area contributed by atoms with Crippen LogP contribution in [0.3, 0.4) is 0 Å². The first-order chi connectivity index (χ1) is 33.8. The predicted octanol–water partition coefficient (Wildman–Crippen LogP) is 7.31. The number of guanidine groups is 1. The number of aromatic nitrogens is 1. The Balaban J connectivity index is 0.961. The van der Waals surface area contributed by atoms with E-state index in [-0.39, 0.29) is 36.8 Å². The van der Waals surface area contributed by atoms with Crippen molar-refractivity contribution >= 4 is 56.3 Å². The Kier molecular flexibility index (Phi) is 14.8. The topological polar surface area (TPSA) is 228 Å². The number of likely N-dealkylation sites (tertiary alicyclic amines) is 1. The summed E-state index contributed by atoms with van der Waals surface area (Å²) in [6.45, 7) is 10.8. The van der Waals surface area contributed by atoms with E-state index < -0.39 is 51.1 Å². The highest BCUT2D eigenvalue weighted by molar-refractivity contribution is 7.80. The highest BCUT2D eigenvalue weighted by Crippen LogP contribution is 2.42. The van der Waals surface area contributed by atoms with Gasteiger partial charge in [0.05, 0.1) is 17.5 Å². The highest BCUT2D eigenvalue weighted by atomic mass is 32.3. The SMILES string of the molecule is CC(C)(C)OC(=O)N1CCC(N=C(N)N2Cc3ccc(OCCO/N=C(\C(=O)C[C@@H]4C(=O)N(OS(=O)(=O)O)C4(C)C)c4csc(NC(c5ccccc5)(c5ccccc5)c5ccccc5)n4)cc3C2)CC1. The molecule has 2 saturated heterocycles. The lowest BCUT2D eigenvalue weighted by Crippen LogP contribution is -2.68. The van der Waals surface area contributed by atoms with Gasteiger partial charge in [-0.15, -0.1) is 15.6 Å². The molecule has 0 bridgehead atoms. The van der Waals surface area contributed by atoms with Crippen molar-refractivity contribution in [1.29, 1.82) is 0 Å². The van der Waals surface area contributed by atoms with Crippen molar-refractivity contribution in [2.45, 2.75) is 89.7 Å². The number of piperidine rings is 1. The van der Waals surface area contributed by atoms with E-state index in [1.165, 1.54) is 25.2 Å². The van der Waals surface area contributed by atoms with E-state index in [1.807, 2.05) is 135 Å². The number of fused-ring (bicyclic) bond motifs is 1. The Labute approximate surface area is 417 Å². The zero-order valence-corrected chi connectivity index (χ0v) is 41.8. The number of hydrogen-bond donors (Lipinski definition) is 3. The second kappa shape index (κ2) is 20.8. The molecular formula is C51H58N8O10S2. The number of nitrogens with zero attached hydrogens (tertiary/aromatic N) is 6. The van der Waals surface area contributed by atoms with Crippen molar-refractivity contribution in [3.63, 3.8) is 0 Å². The first kappa shape index (κ1) is 50.5. The number of carbonyl (C=O) groups is 3. The van der Waals surface area contributed by atoms with Crippen LogP contribution < -0.4 is 15.8 Å². The van der Waals surface area contributed by atoms with Crippen LogP contribution in [0.4, 0.5) is 9.93 Å². The summed E-state index contributed by atoms with van der Waals surface area (Å²) < 4.78 is 48.4. The second-order valence-electron chi connectivity index (χ2n) is 19.1. The number of thiazole rings is 1. The average Bonchev–Trinajstić information content (AvgIpc) is 4.00. The number of oxime groups is 1. The molecular weight excluding hydrogens is 949 g/mol. The Morgan fingerprint density at radius 2 is 1.46 bits per heavy atom. The first-order valence-electron chi connectivity index (χ1n) is 23.3. The molecule has 8 rings (SSSR count). The number of benzene rings is 4. The van der Waals surface area contributed by atoms with E-state index in [2.05, 4.69) is 14.8 Å². The molecule has 2 fully saturated rings. The number of aliphatic imine (C=N–C) groups is 1. The van der Waals surface area contributed by atoms with Crippen molar-refractivity contribution in [1.82, 2.24) is 19.8 Å². The Morgan fingerprint density at radius 1 is 0.873 bits per heavy atom. The lowest BCUT2D eigenvalue weighted by Gasteiger charge is -2.50. The van der Waals surface area contributed by atoms with Gasteiger partial charge in [-0.05, 0) is 87.4 Å². The maximum absolute atomic E-state index is 14.3. The van der Waals surface area contributed by atoms with Gasteiger partial charge in [-0.25, -0.2) is 14.8 Å². The molecule has 1 aromatic heterocycles. The second-order valence-corrected chi connectivity index (χ2v) is 20.9. The summed E-state index contributed by atoms with van der Waals surface area (Å²) >= 11 is 1.25. The Bertz CT molecular complexity index is 2790. The minimum Gasteiger partial charge on any atom is -0.490 e. The van der Waals surface area contributed by atoms with Gasteiger partial charge < -0.3 is 35.2 Å². The number of nitrogens with one attached hydrogen (secondary N) is 1. The normalized spacial score (nSPS) is 17.6. The number of hydrogen-bond acceptors (Lipinski definition) is 14. The van der Waals surface area contributed by atoms with Gasteiger partial charge in [0.15, 0.2) is 29.2 Å². The van der Waals surface area contributed by atoms with Crippen LogP contribution in [0.5, 0.6) is 5.75 Å². The van der Waals surface area contributed by atoms with Crippen LogP contribution in [0.2, 0.25) is 0 Å². The largest absolute Gasteiger partial charge is 0.490 e. The number of anilines is 1. The molecule has 4 N–H and O–H groups in total. The van der Waals surface area contributed by atoms with Crippen molar-refractivity contribution in [3.8, 4) is 5.75 Å². The minimum absolute atomic E-state index is 0.00658. The molecule has 0 aliphatic carbocycles. The summed E-state index contributed by atoms with van der Waals surface area (Å²) in [4.78, 5) is 59.1. The van der Waals surface area contributed by atoms with Gasteiger partial charge in [0.25, 0.3) is 5.91 Å². The number of nitrogens with two attached hydrogens (primary N) is 1. The third-order valence-electron chi connectivity index (χ3n) is 12.6. The Morgan fingerprint density at radius 3 is 2.03 bits per heavy atom. The van der Waals surface area contributed by atoms with Gasteiger partial charge in [-0.2, -0.15) is 13.5 Å². The summed E-state index contributed by atoms with van der Waals surface area (Å²) in [5, 5.41) is 10.7. The Hall–Kier alpha value is -6.87. The molecule has 4 aromatic carbocycles. The molecule has 3 aliphatic heterocycles. The number of ketones is 1. The van der Waals surface area contributed by atoms with Crippen LogP contribution in [-0.4, -0.2) is 106 Å². The minimum atomic E-state index is -5.01. The zero-order valence-electron chi connectivity index (χ0n) is 40.2. The van der Waals surface area contributed by atoms with Gasteiger partial charge in [0.1, 0.15) is 29.2 Å². The van der Waals surface area contributed by atoms with Gasteiger partial charge in [0, 0.05) is 38.0 Å². The van der Waals surface area contributed by atoms with Gasteiger partial charge in [0.2, 0.25) is 0 Å². The van der Waals surface area contributed by atoms with Gasteiger partial charge in [-0.1, -0.05) is 102 Å². The number of β-lactam (4-membered cyclic amide) rings is 1. The number of carbonyl (C=O) groups excluding carboxylic acids is 3. The molecule has 5 aromatic rings. The molecule has 2 amide bonds. The lowest BCUT2D eigenvalue weighted by molar-refractivity contribution is -0.228. The molecule has 71 heavy (non-hydrogen) atoms. The summed E-state index contributed by atoms with van der Waals surface area (Å²) in [5.74, 6) is -1.39. The van der Waals surface area contributed by atoms with E-state index in [0.29, 0.717) is 60.9 Å². The fourth-order valence-corrected chi connectivity index (χ4v) is 10.2. The lowest BCUT2D eigenvalue weighted by atomic mass is 9.74. The van der Waals surface area contributed by atoms with E-state index >= 15 is 0 Å². The van der Waals surface area contributed by atoms with Crippen LogP contribution in [-0.2, 0) is 52.5 Å². The number of rotatable bonds is 17. The van der Waals surface area contributed by atoms with Crippen LogP contribution >= 0.6 is 11.3 Å². The maximum atomic E-state index is 14.3. The first-order valence-corrected chi connectivity index (χ1v) is 25.5. The standard InChI is InChI=1S/C51H58N8O10S2/c1-49(2,3)68-48(62)57-25-23-39(24-26-57)53-46(52)58-31-34-21-22-40(29-35(34)32-58)66-27-28-67-56-44(43(60)30-41-45(61)59(50(41,4)5)69-71(63,64)65)42-33-70-47(54-42)55-51(36-15-9-6-10-16-36,37-17-11-7-12-18-37)38-19-13-8-14-20-38/h6-22,29,33,39,41H,23-28,30-32H2,1-5H3,(H2,52,53)(H,54,55)(H,63,64,65)/b56-44-/t41-/m1/s1. The summed E-state index contributed by atoms with van der Waals surface area (Å²) in [6.07, 6.45) is 0.663. The van der Waals surface area contributed by atoms with Crippen molar-refractivity contribution in [2.24, 2.45) is 21.8 Å². The molecule has 374 valence electrons. The van der Waals surface area contributed by atoms with E-state index in [0.717, 1.165) is 27.8 Å². The number of hydroxylamine groups is 2. The van der Waals surface area contributed by atoms with Gasteiger partial charge >= 0.3 is 16.5 Å². The van der Waals surface area contributed by atoms with E-state index in [1.54, 1.807) is 10.3 Å². The van der Waals surface area contributed by atoms with Gasteiger partial charge in [-0.3, -0.25) is 14.1 Å². The molecule has 4 heterocycles. The number of Topliss-reactive ketones (excluding diaryl/α,β-unsaturated/α-hetero) is 1. The fraction of sp³-hybridized carbons (Fsp3) is 0.373. The third kappa shape index (κ3) is 11.7. The van der Waals surface area contributed by atoms with Crippen molar-refractivity contribution in [2.75, 3.05) is 31.6 Å². The van der Waals surface area contributed by atoms with Crippen LogP contribution in [0.15, 0.2) is 125 Å². The van der Waals surface area contributed by atoms with Crippen LogP contribution in [0.25, 0.3) is 0 Å². The monoisotopic (exact) mass is 1010 g/mol. The molecule has 20 heteroatoms. The number of ether oxygens (including phenoxy) is 2. The summed E-state index contributed by atoms with van der Waals surface area (Å²) in [7, 11) is -5.01. The smallest absolute Gasteiger partial charge is 0.418 e. The molecule has 18 nitrogen and oxygen atoms in total. The molecule has 1 atom stereocenters. The number of amides is 2. The third-order valence-corrected chi connectivity index (χ3v) is 13.7.